The van der Waals surface area contributed by atoms with Gasteiger partial charge in [-0.1, -0.05) is 6.07 Å². The Morgan fingerprint density at radius 2 is 1.63 bits per heavy atom. The van der Waals surface area contributed by atoms with E-state index in [1.54, 1.807) is 24.0 Å². The molecule has 8 heteroatoms. The van der Waals surface area contributed by atoms with E-state index in [1.165, 1.54) is 6.07 Å². The van der Waals surface area contributed by atoms with Crippen molar-refractivity contribution in [2.75, 3.05) is 31.1 Å². The first-order valence-corrected chi connectivity index (χ1v) is 10.0. The Kier molecular flexibility index (Phi) is 5.24. The minimum Gasteiger partial charge on any atom is -0.353 e. The van der Waals surface area contributed by atoms with Gasteiger partial charge in [-0.3, -0.25) is 4.79 Å². The molecule has 1 aliphatic rings. The molecular weight excluding hydrogens is 383 g/mol. The van der Waals surface area contributed by atoms with Crippen LogP contribution in [-0.2, 0) is 0 Å². The van der Waals surface area contributed by atoms with Crippen LogP contribution in [0.5, 0.6) is 0 Å². The number of benzene rings is 1. The van der Waals surface area contributed by atoms with Crippen LogP contribution < -0.4 is 4.90 Å². The van der Waals surface area contributed by atoms with Crippen molar-refractivity contribution < 1.29 is 9.18 Å². The van der Waals surface area contributed by atoms with Crippen LogP contribution in [0, 0.1) is 33.5 Å². The van der Waals surface area contributed by atoms with Crippen molar-refractivity contribution in [3.05, 3.63) is 64.5 Å². The number of hydrogen-bond donors (Lipinski definition) is 0. The molecule has 1 saturated heterocycles. The molecule has 4 rings (SSSR count). The summed E-state index contributed by atoms with van der Waals surface area (Å²) in [5, 5.41) is 4.51. The minimum atomic E-state index is -0.354. The molecular formula is C22H25FN6O. The van der Waals surface area contributed by atoms with E-state index in [2.05, 4.69) is 20.0 Å². The second-order valence-electron chi connectivity index (χ2n) is 7.71. The second kappa shape index (κ2) is 7.85. The minimum absolute atomic E-state index is 0.143. The van der Waals surface area contributed by atoms with Crippen molar-refractivity contribution in [1.29, 1.82) is 0 Å². The number of anilines is 1. The molecule has 3 heterocycles. The first-order chi connectivity index (χ1) is 14.3. The lowest BCUT2D eigenvalue weighted by molar-refractivity contribution is 0.0746. The number of carbonyl (C=O) groups excluding carboxylic acids is 1. The summed E-state index contributed by atoms with van der Waals surface area (Å²) >= 11 is 0. The zero-order valence-electron chi connectivity index (χ0n) is 17.7. The monoisotopic (exact) mass is 408 g/mol. The van der Waals surface area contributed by atoms with Crippen molar-refractivity contribution in [3.63, 3.8) is 0 Å². The summed E-state index contributed by atoms with van der Waals surface area (Å²) in [6, 6.07) is 8.58. The van der Waals surface area contributed by atoms with E-state index in [0.717, 1.165) is 23.0 Å². The summed E-state index contributed by atoms with van der Waals surface area (Å²) in [7, 11) is 0. The van der Waals surface area contributed by atoms with E-state index in [9.17, 15) is 9.18 Å². The molecule has 0 atom stereocenters. The van der Waals surface area contributed by atoms with Crippen molar-refractivity contribution in [2.24, 2.45) is 0 Å². The van der Waals surface area contributed by atoms with Gasteiger partial charge < -0.3 is 9.80 Å². The zero-order valence-corrected chi connectivity index (χ0v) is 17.7. The molecule has 0 saturated carbocycles. The summed E-state index contributed by atoms with van der Waals surface area (Å²) in [6.07, 6.45) is 0. The molecule has 1 aromatic carbocycles. The third kappa shape index (κ3) is 3.90. The molecule has 0 N–H and O–H groups in total. The molecule has 2 aromatic heterocycles. The van der Waals surface area contributed by atoms with E-state index < -0.39 is 0 Å². The molecule has 1 fully saturated rings. The van der Waals surface area contributed by atoms with E-state index in [-0.39, 0.29) is 11.7 Å². The molecule has 0 aliphatic carbocycles. The van der Waals surface area contributed by atoms with E-state index >= 15 is 0 Å². The largest absolute Gasteiger partial charge is 0.353 e. The highest BCUT2D eigenvalue weighted by Gasteiger charge is 2.24. The first-order valence-electron chi connectivity index (χ1n) is 10.0. The molecule has 30 heavy (non-hydrogen) atoms. The van der Waals surface area contributed by atoms with Gasteiger partial charge in [-0.2, -0.15) is 5.10 Å². The van der Waals surface area contributed by atoms with Crippen LogP contribution in [0.1, 0.15) is 33.1 Å². The number of piperazine rings is 1. The van der Waals surface area contributed by atoms with Gasteiger partial charge in [-0.15, -0.1) is 0 Å². The van der Waals surface area contributed by atoms with Crippen LogP contribution in [0.3, 0.4) is 0 Å². The van der Waals surface area contributed by atoms with Crippen molar-refractivity contribution in [3.8, 4) is 5.82 Å². The third-order valence-electron chi connectivity index (χ3n) is 5.35. The number of halogens is 1. The van der Waals surface area contributed by atoms with Crippen molar-refractivity contribution >= 4 is 11.7 Å². The number of hydrogen-bond acceptors (Lipinski definition) is 5. The lowest BCUT2D eigenvalue weighted by Crippen LogP contribution is -2.49. The van der Waals surface area contributed by atoms with Crippen LogP contribution in [0.25, 0.3) is 5.82 Å². The number of aryl methyl sites for hydroxylation is 4. The predicted molar refractivity (Wildman–Crippen MR) is 113 cm³/mol. The van der Waals surface area contributed by atoms with E-state index in [0.29, 0.717) is 43.1 Å². The number of aromatic nitrogens is 4. The molecule has 1 amide bonds. The molecule has 0 radical (unpaired) electrons. The lowest BCUT2D eigenvalue weighted by Gasteiger charge is -2.35. The van der Waals surface area contributed by atoms with Gasteiger partial charge in [0.15, 0.2) is 5.82 Å². The Morgan fingerprint density at radius 3 is 2.27 bits per heavy atom. The van der Waals surface area contributed by atoms with Crippen LogP contribution in [0.2, 0.25) is 0 Å². The Morgan fingerprint density at radius 1 is 0.933 bits per heavy atom. The summed E-state index contributed by atoms with van der Waals surface area (Å²) in [5.74, 6) is 1.72. The van der Waals surface area contributed by atoms with Crippen LogP contribution in [0.4, 0.5) is 10.2 Å². The van der Waals surface area contributed by atoms with Gasteiger partial charge in [0.1, 0.15) is 17.5 Å². The number of nitrogens with zero attached hydrogens (tertiary/aromatic N) is 6. The number of carbonyl (C=O) groups is 1. The average molecular weight is 408 g/mol. The predicted octanol–water partition coefficient (Wildman–Crippen LogP) is 3.00. The highest BCUT2D eigenvalue weighted by Crippen LogP contribution is 2.20. The fraction of sp³-hybridized carbons (Fsp3) is 0.364. The normalized spacial score (nSPS) is 14.3. The van der Waals surface area contributed by atoms with Gasteiger partial charge in [0.05, 0.1) is 5.69 Å². The maximum absolute atomic E-state index is 13.8. The lowest BCUT2D eigenvalue weighted by atomic mass is 10.1. The zero-order chi connectivity index (χ0) is 21.4. The highest BCUT2D eigenvalue weighted by atomic mass is 19.1. The summed E-state index contributed by atoms with van der Waals surface area (Å²) in [5.41, 5.74) is 2.87. The SMILES string of the molecule is Cc1cc(C)n(-c2cc(N3CCN(C(=O)c4ccc(C)c(F)c4)CC3)nc(C)n2)n1. The smallest absolute Gasteiger partial charge is 0.254 e. The van der Waals surface area contributed by atoms with Crippen LogP contribution in [0.15, 0.2) is 30.3 Å². The maximum Gasteiger partial charge on any atom is 0.254 e. The first kappa shape index (κ1) is 20.0. The highest BCUT2D eigenvalue weighted by molar-refractivity contribution is 5.94. The fourth-order valence-electron chi connectivity index (χ4n) is 3.72. The third-order valence-corrected chi connectivity index (χ3v) is 5.35. The van der Waals surface area contributed by atoms with Gasteiger partial charge in [-0.05, 0) is 51.5 Å². The summed E-state index contributed by atoms with van der Waals surface area (Å²) in [6.45, 7) is 9.89. The van der Waals surface area contributed by atoms with Gasteiger partial charge in [-0.25, -0.2) is 19.0 Å². The summed E-state index contributed by atoms with van der Waals surface area (Å²) in [4.78, 5) is 25.8. The Labute approximate surface area is 175 Å². The van der Waals surface area contributed by atoms with Gasteiger partial charge in [0.2, 0.25) is 0 Å². The Hall–Kier alpha value is -3.29. The number of rotatable bonds is 3. The van der Waals surface area contributed by atoms with Crippen molar-refractivity contribution in [1.82, 2.24) is 24.6 Å². The number of amides is 1. The Balaban J connectivity index is 1.49. The van der Waals surface area contributed by atoms with Crippen LogP contribution in [-0.4, -0.2) is 56.7 Å². The van der Waals surface area contributed by atoms with Gasteiger partial charge in [0.25, 0.3) is 5.91 Å². The molecule has 156 valence electrons. The molecule has 0 unspecified atom stereocenters. The molecule has 3 aromatic rings. The Bertz CT molecular complexity index is 1100. The molecule has 0 spiro atoms. The van der Waals surface area contributed by atoms with E-state index in [1.807, 2.05) is 37.6 Å². The van der Waals surface area contributed by atoms with Gasteiger partial charge in [0, 0.05) is 43.5 Å². The van der Waals surface area contributed by atoms with Crippen molar-refractivity contribution in [2.45, 2.75) is 27.7 Å². The molecule has 0 bridgehead atoms. The van der Waals surface area contributed by atoms with Gasteiger partial charge >= 0.3 is 0 Å². The summed E-state index contributed by atoms with van der Waals surface area (Å²) < 4.78 is 15.7. The quantitative estimate of drug-likeness (QED) is 0.667. The average Bonchev–Trinajstić information content (AvgIpc) is 3.07. The topological polar surface area (TPSA) is 67.2 Å². The standard InChI is InChI=1S/C22H25FN6O/c1-14-5-6-18(12-19(14)23)22(30)28-9-7-27(8-10-28)20-13-21(25-17(4)24-20)29-16(3)11-15(2)26-29/h5-6,11-13H,7-10H2,1-4H3. The van der Waals surface area contributed by atoms with E-state index in [4.69, 9.17) is 0 Å². The molecule has 7 nitrogen and oxygen atoms in total. The second-order valence-corrected chi connectivity index (χ2v) is 7.71. The maximum atomic E-state index is 13.8. The molecule has 1 aliphatic heterocycles. The fourth-order valence-corrected chi connectivity index (χ4v) is 3.72. The van der Waals surface area contributed by atoms with Crippen LogP contribution >= 0.6 is 0 Å².